The van der Waals surface area contributed by atoms with Crippen LogP contribution in [-0.2, 0) is 13.6 Å². The van der Waals surface area contributed by atoms with Crippen LogP contribution in [0.25, 0.3) is 0 Å². The lowest BCUT2D eigenvalue weighted by atomic mass is 10.1. The number of benzene rings is 4. The van der Waals surface area contributed by atoms with Gasteiger partial charge in [-0.1, -0.05) is 163 Å². The van der Waals surface area contributed by atoms with Gasteiger partial charge in [0.2, 0.25) is 0 Å². The summed E-state index contributed by atoms with van der Waals surface area (Å²) in [6.45, 7) is 14.8. The number of aliphatic hydroxyl groups excluding tert-OH is 1. The van der Waals surface area contributed by atoms with Gasteiger partial charge in [-0.05, 0) is 37.7 Å². The smallest absolute Gasteiger partial charge is 0.330 e. The molecule has 52 heavy (non-hydrogen) atoms. The van der Waals surface area contributed by atoms with Crippen LogP contribution in [0.2, 0.25) is 10.1 Å². The van der Waals surface area contributed by atoms with Gasteiger partial charge in [0, 0.05) is 11.8 Å². The molecule has 0 saturated carbocycles. The Labute approximate surface area is 308 Å². The van der Waals surface area contributed by atoms with Crippen molar-refractivity contribution in [2.75, 3.05) is 6.61 Å². The number of nitrogens with one attached hydrogen (secondary N) is 1. The van der Waals surface area contributed by atoms with Gasteiger partial charge >= 0.3 is 5.69 Å². The van der Waals surface area contributed by atoms with Crippen molar-refractivity contribution in [2.45, 2.75) is 83.1 Å². The Kier molecular flexibility index (Phi) is 10.6. The molecular formula is C42H50N2O6Si2. The average Bonchev–Trinajstić information content (AvgIpc) is 3.43. The minimum absolute atomic E-state index is 0.0443. The summed E-state index contributed by atoms with van der Waals surface area (Å²) in [7, 11) is -6.27. The molecule has 10 heteroatoms. The Morgan fingerprint density at radius 3 is 1.50 bits per heavy atom. The maximum atomic E-state index is 13.5. The molecular weight excluding hydrogens is 685 g/mol. The number of aromatic nitrogens is 2. The second-order valence-electron chi connectivity index (χ2n) is 15.8. The van der Waals surface area contributed by atoms with E-state index in [2.05, 4.69) is 95.1 Å². The van der Waals surface area contributed by atoms with Gasteiger partial charge in [0.15, 0.2) is 6.23 Å². The summed E-state index contributed by atoms with van der Waals surface area (Å²) in [6, 6.07) is 40.9. The van der Waals surface area contributed by atoms with E-state index in [0.717, 1.165) is 20.7 Å². The summed E-state index contributed by atoms with van der Waals surface area (Å²) in [5.74, 6) is 0. The number of nitrogens with zero attached hydrogens (tertiary/aromatic N) is 1. The fourth-order valence-corrected chi connectivity index (χ4v) is 17.1. The van der Waals surface area contributed by atoms with Gasteiger partial charge in [0.25, 0.3) is 22.2 Å². The highest BCUT2D eigenvalue weighted by Gasteiger charge is 2.58. The molecule has 0 amide bonds. The lowest BCUT2D eigenvalue weighted by Crippen LogP contribution is -2.69. The molecule has 1 aromatic heterocycles. The first-order valence-electron chi connectivity index (χ1n) is 17.9. The molecule has 0 radical (unpaired) electrons. The molecule has 4 atom stereocenters. The summed E-state index contributed by atoms with van der Waals surface area (Å²) >= 11 is 0. The highest BCUT2D eigenvalue weighted by molar-refractivity contribution is 7.00. The Morgan fingerprint density at radius 1 is 0.692 bits per heavy atom. The van der Waals surface area contributed by atoms with E-state index in [4.69, 9.17) is 13.6 Å². The molecule has 0 spiro atoms. The predicted octanol–water partition coefficient (Wildman–Crippen LogP) is 4.63. The number of ether oxygens (including phenoxy) is 1. The number of aliphatic hydroxyl groups is 1. The standard InChI is InChI=1S/C42H50N2O6Si2/c1-30-28-44(40(47)43-38(30)46)39-37(50-52(42(5,6)7,33-24-16-10-17-25-33)34-26-18-11-19-27-34)36(45)35(49-39)29-48-51(41(2,3)4,31-20-12-8-13-21-31)32-22-14-9-15-23-32/h8-28,35-37,39,45H,29H2,1-7H3,(H,43,46,47)/t35-,36-,37+,39-/m1/s1. The molecule has 272 valence electrons. The van der Waals surface area contributed by atoms with Gasteiger partial charge in [-0.3, -0.25) is 14.3 Å². The van der Waals surface area contributed by atoms with Crippen LogP contribution < -0.4 is 32.0 Å². The van der Waals surface area contributed by atoms with Crippen molar-refractivity contribution in [2.24, 2.45) is 0 Å². The van der Waals surface area contributed by atoms with E-state index < -0.39 is 57.5 Å². The van der Waals surface area contributed by atoms with Crippen molar-refractivity contribution < 1.29 is 18.7 Å². The van der Waals surface area contributed by atoms with Crippen molar-refractivity contribution >= 4 is 37.4 Å². The fraction of sp³-hybridized carbons (Fsp3) is 0.333. The van der Waals surface area contributed by atoms with Crippen LogP contribution in [0.5, 0.6) is 0 Å². The van der Waals surface area contributed by atoms with Gasteiger partial charge in [-0.25, -0.2) is 4.79 Å². The molecule has 5 aromatic rings. The van der Waals surface area contributed by atoms with Crippen LogP contribution in [0.4, 0.5) is 0 Å². The number of hydrogen-bond acceptors (Lipinski definition) is 6. The zero-order valence-corrected chi connectivity index (χ0v) is 33.1. The normalized spacial score (nSPS) is 19.8. The fourth-order valence-electron chi connectivity index (χ4n) is 7.85. The largest absolute Gasteiger partial charge is 0.405 e. The van der Waals surface area contributed by atoms with Crippen LogP contribution in [0.3, 0.4) is 0 Å². The maximum Gasteiger partial charge on any atom is 0.330 e. The van der Waals surface area contributed by atoms with Crippen LogP contribution in [0.15, 0.2) is 137 Å². The van der Waals surface area contributed by atoms with Gasteiger partial charge in [-0.2, -0.15) is 0 Å². The summed E-state index contributed by atoms with van der Waals surface area (Å²) < 4.78 is 22.9. The number of H-pyrrole nitrogens is 1. The van der Waals surface area contributed by atoms with E-state index in [-0.39, 0.29) is 11.6 Å². The van der Waals surface area contributed by atoms with Crippen molar-refractivity contribution in [3.8, 4) is 0 Å². The average molecular weight is 735 g/mol. The monoisotopic (exact) mass is 734 g/mol. The number of aryl methyl sites for hydroxylation is 1. The Balaban J connectivity index is 1.49. The van der Waals surface area contributed by atoms with Crippen LogP contribution in [-0.4, -0.2) is 56.2 Å². The first-order valence-corrected chi connectivity index (χ1v) is 21.7. The quantitative estimate of drug-likeness (QED) is 0.203. The van der Waals surface area contributed by atoms with E-state index in [0.29, 0.717) is 5.56 Å². The van der Waals surface area contributed by atoms with E-state index in [1.807, 2.05) is 72.8 Å². The highest BCUT2D eigenvalue weighted by Crippen LogP contribution is 2.43. The zero-order valence-electron chi connectivity index (χ0n) is 31.1. The van der Waals surface area contributed by atoms with E-state index in [9.17, 15) is 14.7 Å². The lowest BCUT2D eigenvalue weighted by Gasteiger charge is -2.45. The predicted molar refractivity (Wildman–Crippen MR) is 212 cm³/mol. The van der Waals surface area contributed by atoms with Crippen LogP contribution in [0, 0.1) is 6.92 Å². The first-order chi connectivity index (χ1) is 24.7. The summed E-state index contributed by atoms with van der Waals surface area (Å²) in [4.78, 5) is 28.5. The summed E-state index contributed by atoms with van der Waals surface area (Å²) in [5.41, 5.74) is -0.776. The first kappa shape index (κ1) is 37.6. The molecule has 1 aliphatic heterocycles. The van der Waals surface area contributed by atoms with Crippen LogP contribution in [0.1, 0.15) is 53.3 Å². The topological polar surface area (TPSA) is 103 Å². The Morgan fingerprint density at radius 2 is 1.10 bits per heavy atom. The van der Waals surface area contributed by atoms with E-state index >= 15 is 0 Å². The Bertz CT molecular complexity index is 1980. The molecule has 0 unspecified atom stereocenters. The SMILES string of the molecule is Cc1cn([C@@H]2O[C@H](CO[Si](c3ccccc3)(c3ccccc3)C(C)(C)C)[C@@H](O)[C@@H]2O[Si](c2ccccc2)(c2ccccc2)C(C)(C)C)c(=O)[nH]c1=O. The van der Waals surface area contributed by atoms with Gasteiger partial charge in [-0.15, -0.1) is 0 Å². The van der Waals surface area contributed by atoms with Crippen molar-refractivity contribution in [3.05, 3.63) is 154 Å². The van der Waals surface area contributed by atoms with E-state index in [1.54, 1.807) is 6.92 Å². The molecule has 1 fully saturated rings. The lowest BCUT2D eigenvalue weighted by molar-refractivity contribution is -0.0507. The summed E-state index contributed by atoms with van der Waals surface area (Å²) in [6.07, 6.45) is -2.63. The molecule has 8 nitrogen and oxygen atoms in total. The number of rotatable bonds is 10. The van der Waals surface area contributed by atoms with Crippen molar-refractivity contribution in [1.29, 1.82) is 0 Å². The van der Waals surface area contributed by atoms with Gasteiger partial charge in [0.1, 0.15) is 18.3 Å². The molecule has 1 saturated heterocycles. The number of aromatic amines is 1. The molecule has 4 aromatic carbocycles. The second-order valence-corrected chi connectivity index (χ2v) is 24.3. The minimum Gasteiger partial charge on any atom is -0.405 e. The molecule has 2 heterocycles. The minimum atomic E-state index is -3.26. The molecule has 2 N–H and O–H groups in total. The zero-order chi connectivity index (χ0) is 37.3. The third-order valence-corrected chi connectivity index (χ3v) is 20.4. The molecule has 1 aliphatic rings. The highest BCUT2D eigenvalue weighted by atomic mass is 28.4. The third-order valence-electron chi connectivity index (χ3n) is 10.3. The molecule has 0 bridgehead atoms. The van der Waals surface area contributed by atoms with E-state index in [1.165, 1.54) is 10.8 Å². The van der Waals surface area contributed by atoms with Crippen molar-refractivity contribution in [1.82, 2.24) is 9.55 Å². The molecule has 0 aliphatic carbocycles. The van der Waals surface area contributed by atoms with Gasteiger partial charge < -0.3 is 18.7 Å². The number of hydrogen-bond donors (Lipinski definition) is 2. The van der Waals surface area contributed by atoms with Crippen LogP contribution >= 0.6 is 0 Å². The third kappa shape index (κ3) is 6.75. The van der Waals surface area contributed by atoms with Crippen molar-refractivity contribution in [3.63, 3.8) is 0 Å². The second kappa shape index (κ2) is 14.7. The summed E-state index contributed by atoms with van der Waals surface area (Å²) in [5, 5.41) is 16.0. The molecule has 6 rings (SSSR count). The Hall–Kier alpha value is -4.17. The van der Waals surface area contributed by atoms with Gasteiger partial charge in [0.05, 0.1) is 6.61 Å². The maximum absolute atomic E-state index is 13.5.